The number of benzene rings is 1. The molecule has 1 aromatic heterocycles. The first kappa shape index (κ1) is 10.7. The second-order valence-corrected chi connectivity index (χ2v) is 4.71. The van der Waals surface area contributed by atoms with Crippen molar-refractivity contribution in [3.63, 3.8) is 0 Å². The third-order valence-corrected chi connectivity index (χ3v) is 3.32. The fourth-order valence-electron chi connectivity index (χ4n) is 0.970. The van der Waals surface area contributed by atoms with Gasteiger partial charge in [-0.25, -0.2) is 4.98 Å². The van der Waals surface area contributed by atoms with Crippen molar-refractivity contribution in [2.24, 2.45) is 0 Å². The first-order valence-corrected chi connectivity index (χ1v) is 5.97. The Hall–Kier alpha value is -0.820. The summed E-state index contributed by atoms with van der Waals surface area (Å²) in [6.45, 7) is 0. The lowest BCUT2D eigenvalue weighted by molar-refractivity contribution is -0.0311. The Morgan fingerprint density at radius 1 is 1.20 bits per heavy atom. The molecule has 0 radical (unpaired) electrons. The van der Waals surface area contributed by atoms with Crippen LogP contribution in [0.15, 0.2) is 33.9 Å². The number of para-hydroxylation sites is 2. The highest BCUT2D eigenvalue weighted by atomic mass is 33.1. The maximum atomic E-state index is 11.9. The lowest BCUT2D eigenvalue weighted by Crippen LogP contribution is -1.95. The van der Waals surface area contributed by atoms with Gasteiger partial charge in [0, 0.05) is 21.6 Å². The summed E-state index contributed by atoms with van der Waals surface area (Å²) in [6.07, 6.45) is 0. The van der Waals surface area contributed by atoms with E-state index in [0.717, 1.165) is 0 Å². The van der Waals surface area contributed by atoms with E-state index in [1.165, 1.54) is 0 Å². The lowest BCUT2D eigenvalue weighted by atomic mass is 10.3. The molecule has 80 valence electrons. The SMILES string of the molecule is FC(F)(F)SSc1nc2ccccc2o1. The normalized spacial score (nSPS) is 12.2. The van der Waals surface area contributed by atoms with Crippen LogP contribution in [0.25, 0.3) is 11.1 Å². The van der Waals surface area contributed by atoms with Gasteiger partial charge < -0.3 is 4.42 Å². The molecule has 7 heteroatoms. The third kappa shape index (κ3) is 2.82. The maximum Gasteiger partial charge on any atom is 0.452 e. The van der Waals surface area contributed by atoms with E-state index in [1.807, 2.05) is 0 Å². The standard InChI is InChI=1S/C8H4F3NOS2/c9-8(10,11)15-14-7-12-5-3-1-2-4-6(5)13-7/h1-4H. The van der Waals surface area contributed by atoms with Crippen LogP contribution in [0.2, 0.25) is 0 Å². The first-order valence-electron chi connectivity index (χ1n) is 3.82. The van der Waals surface area contributed by atoms with Crippen molar-refractivity contribution in [2.45, 2.75) is 10.7 Å². The lowest BCUT2D eigenvalue weighted by Gasteiger charge is -2.00. The second kappa shape index (κ2) is 3.97. The number of rotatable bonds is 2. The summed E-state index contributed by atoms with van der Waals surface area (Å²) in [6, 6.07) is 6.82. The summed E-state index contributed by atoms with van der Waals surface area (Å²) in [5, 5.41) is 0.0125. The van der Waals surface area contributed by atoms with Crippen LogP contribution in [0.4, 0.5) is 13.2 Å². The minimum absolute atomic E-state index is 0.0125. The Morgan fingerprint density at radius 3 is 2.60 bits per heavy atom. The van der Waals surface area contributed by atoms with Crippen molar-refractivity contribution < 1.29 is 17.6 Å². The van der Waals surface area contributed by atoms with Gasteiger partial charge in [-0.3, -0.25) is 0 Å². The monoisotopic (exact) mass is 251 g/mol. The predicted octanol–water partition coefficient (Wildman–Crippen LogP) is 4.09. The van der Waals surface area contributed by atoms with E-state index in [0.29, 0.717) is 21.9 Å². The largest absolute Gasteiger partial charge is 0.452 e. The third-order valence-electron chi connectivity index (χ3n) is 1.48. The van der Waals surface area contributed by atoms with Crippen LogP contribution in [0.5, 0.6) is 0 Å². The zero-order chi connectivity index (χ0) is 10.9. The second-order valence-electron chi connectivity index (χ2n) is 2.56. The summed E-state index contributed by atoms with van der Waals surface area (Å²) in [5.41, 5.74) is -3.24. The Bertz CT molecular complexity index is 435. The smallest absolute Gasteiger partial charge is 0.431 e. The topological polar surface area (TPSA) is 26.0 Å². The first-order chi connectivity index (χ1) is 7.04. The van der Waals surface area contributed by atoms with Gasteiger partial charge in [0.2, 0.25) is 0 Å². The number of aromatic nitrogens is 1. The van der Waals surface area contributed by atoms with Crippen molar-refractivity contribution in [1.82, 2.24) is 4.98 Å². The number of hydrogen-bond acceptors (Lipinski definition) is 4. The molecule has 0 saturated carbocycles. The van der Waals surface area contributed by atoms with Gasteiger partial charge in [-0.15, -0.1) is 0 Å². The highest BCUT2D eigenvalue weighted by molar-refractivity contribution is 8.77. The van der Waals surface area contributed by atoms with Crippen LogP contribution in [-0.2, 0) is 0 Å². The molecule has 2 nitrogen and oxygen atoms in total. The fraction of sp³-hybridized carbons (Fsp3) is 0.125. The van der Waals surface area contributed by atoms with Crippen molar-refractivity contribution in [1.29, 1.82) is 0 Å². The van der Waals surface area contributed by atoms with E-state index in [-0.39, 0.29) is 16.0 Å². The van der Waals surface area contributed by atoms with Gasteiger partial charge in [-0.05, 0) is 12.1 Å². The van der Waals surface area contributed by atoms with Crippen molar-refractivity contribution in [3.05, 3.63) is 24.3 Å². The molecule has 0 amide bonds. The Balaban J connectivity index is 2.16. The number of fused-ring (bicyclic) bond motifs is 1. The number of hydrogen-bond donors (Lipinski definition) is 0. The molecule has 0 aliphatic carbocycles. The van der Waals surface area contributed by atoms with Gasteiger partial charge in [0.25, 0.3) is 5.22 Å². The Kier molecular flexibility index (Phi) is 2.83. The Labute approximate surface area is 90.6 Å². The number of nitrogens with zero attached hydrogens (tertiary/aromatic N) is 1. The van der Waals surface area contributed by atoms with Crippen molar-refractivity contribution in [3.8, 4) is 0 Å². The molecule has 0 spiro atoms. The molecule has 2 rings (SSSR count). The van der Waals surface area contributed by atoms with E-state index in [9.17, 15) is 13.2 Å². The van der Waals surface area contributed by atoms with Gasteiger partial charge in [0.05, 0.1) is 0 Å². The van der Waals surface area contributed by atoms with Crippen LogP contribution >= 0.6 is 21.6 Å². The average Bonchev–Trinajstić information content (AvgIpc) is 2.56. The molecule has 0 aliphatic rings. The highest BCUT2D eigenvalue weighted by Crippen LogP contribution is 2.43. The molecule has 1 aromatic carbocycles. The fourth-order valence-corrected chi connectivity index (χ4v) is 2.11. The van der Waals surface area contributed by atoms with Gasteiger partial charge >= 0.3 is 5.51 Å². The van der Waals surface area contributed by atoms with Gasteiger partial charge in [-0.1, -0.05) is 12.1 Å². The molecule has 0 aliphatic heterocycles. The molecule has 0 atom stereocenters. The summed E-state index contributed by atoms with van der Waals surface area (Å²) >= 11 is 0. The summed E-state index contributed by atoms with van der Waals surface area (Å²) in [4.78, 5) is 3.89. The van der Waals surface area contributed by atoms with Crippen LogP contribution in [0.1, 0.15) is 0 Å². The van der Waals surface area contributed by atoms with Gasteiger partial charge in [0.1, 0.15) is 5.52 Å². The van der Waals surface area contributed by atoms with E-state index in [2.05, 4.69) is 4.98 Å². The predicted molar refractivity (Wildman–Crippen MR) is 53.5 cm³/mol. The van der Waals surface area contributed by atoms with E-state index in [1.54, 1.807) is 24.3 Å². The van der Waals surface area contributed by atoms with E-state index < -0.39 is 5.51 Å². The van der Waals surface area contributed by atoms with E-state index >= 15 is 0 Å². The minimum atomic E-state index is -4.29. The van der Waals surface area contributed by atoms with E-state index in [4.69, 9.17) is 4.42 Å². The zero-order valence-corrected chi connectivity index (χ0v) is 8.75. The molecular formula is C8H4F3NOS2. The molecule has 0 bridgehead atoms. The summed E-state index contributed by atoms with van der Waals surface area (Å²) < 4.78 is 40.7. The highest BCUT2D eigenvalue weighted by Gasteiger charge is 2.30. The number of halogens is 3. The minimum Gasteiger partial charge on any atom is -0.431 e. The van der Waals surface area contributed by atoms with Crippen LogP contribution in [-0.4, -0.2) is 10.5 Å². The zero-order valence-electron chi connectivity index (χ0n) is 7.12. The summed E-state index contributed by atoms with van der Waals surface area (Å²) in [7, 11) is 0.229. The molecular weight excluding hydrogens is 247 g/mol. The molecule has 1 heterocycles. The molecule has 0 saturated heterocycles. The van der Waals surface area contributed by atoms with Gasteiger partial charge in [0.15, 0.2) is 5.58 Å². The van der Waals surface area contributed by atoms with Crippen LogP contribution in [0, 0.1) is 0 Å². The summed E-state index contributed by atoms with van der Waals surface area (Å²) in [5.74, 6) is 0. The number of oxazole rings is 1. The Morgan fingerprint density at radius 2 is 1.93 bits per heavy atom. The van der Waals surface area contributed by atoms with Crippen LogP contribution < -0.4 is 0 Å². The quantitative estimate of drug-likeness (QED) is 0.751. The molecule has 0 fully saturated rings. The van der Waals surface area contributed by atoms with Crippen LogP contribution in [0.3, 0.4) is 0 Å². The maximum absolute atomic E-state index is 11.9. The average molecular weight is 251 g/mol. The molecule has 15 heavy (non-hydrogen) atoms. The number of alkyl halides is 3. The van der Waals surface area contributed by atoms with Gasteiger partial charge in [-0.2, -0.15) is 13.2 Å². The molecule has 2 aromatic rings. The molecule has 0 N–H and O–H groups in total. The van der Waals surface area contributed by atoms with Crippen molar-refractivity contribution in [2.75, 3.05) is 0 Å². The van der Waals surface area contributed by atoms with Crippen molar-refractivity contribution >= 4 is 32.7 Å². The molecule has 0 unspecified atom stereocenters.